The molecule has 0 unspecified atom stereocenters. The maximum Gasteiger partial charge on any atom is 0.309 e. The second-order valence-corrected chi connectivity index (χ2v) is 15.7. The molecule has 1 saturated heterocycles. The van der Waals surface area contributed by atoms with Gasteiger partial charge in [-0.3, -0.25) is 14.4 Å². The van der Waals surface area contributed by atoms with Crippen molar-refractivity contribution in [3.05, 3.63) is 98.5 Å². The number of piperazine rings is 1. The quantitative estimate of drug-likeness (QED) is 0.165. The van der Waals surface area contributed by atoms with E-state index in [9.17, 15) is 19.5 Å². The van der Waals surface area contributed by atoms with E-state index >= 15 is 0 Å². The number of carboxylic acid groups (broad SMARTS) is 1. The summed E-state index contributed by atoms with van der Waals surface area (Å²) in [5.41, 5.74) is 4.64. The number of hydrogen-bond donors (Lipinski definition) is 2. The summed E-state index contributed by atoms with van der Waals surface area (Å²) in [7, 11) is 0. The predicted octanol–water partition coefficient (Wildman–Crippen LogP) is 7.48. The monoisotopic (exact) mass is 747 g/mol. The van der Waals surface area contributed by atoms with Gasteiger partial charge in [-0.15, -0.1) is 0 Å². The molecule has 2 bridgehead atoms. The summed E-state index contributed by atoms with van der Waals surface area (Å²) >= 11 is 12.9. The van der Waals surface area contributed by atoms with Crippen LogP contribution in [0.1, 0.15) is 68.2 Å². The largest absolute Gasteiger partial charge is 0.490 e. The van der Waals surface area contributed by atoms with Crippen LogP contribution in [0.4, 0.5) is 0 Å². The summed E-state index contributed by atoms with van der Waals surface area (Å²) in [6.07, 6.45) is 2.77. The van der Waals surface area contributed by atoms with E-state index in [0.29, 0.717) is 66.4 Å². The number of ether oxygens (including phenoxy) is 2. The number of benzene rings is 3. The second-order valence-electron chi connectivity index (χ2n) is 14.8. The lowest BCUT2D eigenvalue weighted by Crippen LogP contribution is -2.62. The Morgan fingerprint density at radius 3 is 2.33 bits per heavy atom. The van der Waals surface area contributed by atoms with Gasteiger partial charge in [0.2, 0.25) is 5.91 Å². The first-order chi connectivity index (χ1) is 24.8. The van der Waals surface area contributed by atoms with Crippen LogP contribution in [0, 0.1) is 19.3 Å². The van der Waals surface area contributed by atoms with Crippen molar-refractivity contribution in [1.82, 2.24) is 15.1 Å². The summed E-state index contributed by atoms with van der Waals surface area (Å²) in [5.74, 6) is 0.228. The first kappa shape index (κ1) is 37.7. The van der Waals surface area contributed by atoms with Crippen LogP contribution in [0.5, 0.6) is 11.5 Å². The topological polar surface area (TPSA) is 108 Å². The van der Waals surface area contributed by atoms with Gasteiger partial charge in [-0.2, -0.15) is 0 Å². The normalized spacial score (nSPS) is 18.6. The molecule has 3 aromatic rings. The molecule has 2 atom stereocenters. The van der Waals surface area contributed by atoms with Gasteiger partial charge in [0.05, 0.1) is 16.5 Å². The Bertz CT molecular complexity index is 1860. The molecule has 276 valence electrons. The van der Waals surface area contributed by atoms with Gasteiger partial charge in [-0.25, -0.2) is 0 Å². The van der Waals surface area contributed by atoms with Crippen molar-refractivity contribution in [3.63, 3.8) is 0 Å². The Kier molecular flexibility index (Phi) is 11.5. The Morgan fingerprint density at radius 1 is 0.942 bits per heavy atom. The predicted molar refractivity (Wildman–Crippen MR) is 203 cm³/mol. The highest BCUT2D eigenvalue weighted by atomic mass is 35.5. The molecule has 9 nitrogen and oxygen atoms in total. The lowest BCUT2D eigenvalue weighted by Gasteiger charge is -2.45. The number of nitrogens with zero attached hydrogens (tertiary/aromatic N) is 2. The molecule has 2 heterocycles. The number of carboxylic acids is 1. The first-order valence-corrected chi connectivity index (χ1v) is 18.7. The molecule has 1 saturated carbocycles. The maximum absolute atomic E-state index is 14.8. The molecule has 0 aromatic heterocycles. The number of aryl methyl sites for hydroxylation is 2. The number of aliphatic carboxylic acids is 1. The van der Waals surface area contributed by atoms with E-state index in [1.807, 2.05) is 79.4 Å². The smallest absolute Gasteiger partial charge is 0.309 e. The van der Waals surface area contributed by atoms with Gasteiger partial charge < -0.3 is 29.7 Å². The third-order valence-corrected chi connectivity index (χ3v) is 11.1. The van der Waals surface area contributed by atoms with Crippen molar-refractivity contribution < 1.29 is 29.0 Å². The minimum absolute atomic E-state index is 0.0582. The average Bonchev–Trinajstić information content (AvgIpc) is 3.96. The molecule has 6 rings (SSSR count). The highest BCUT2D eigenvalue weighted by molar-refractivity contribution is 6.32. The van der Waals surface area contributed by atoms with Gasteiger partial charge in [-0.1, -0.05) is 53.5 Å². The molecule has 3 aromatic carbocycles. The number of hydrogen-bond acceptors (Lipinski definition) is 6. The Balaban J connectivity index is 1.23. The number of rotatable bonds is 14. The third-order valence-electron chi connectivity index (χ3n) is 10.4. The van der Waals surface area contributed by atoms with E-state index in [1.165, 1.54) is 0 Å². The summed E-state index contributed by atoms with van der Waals surface area (Å²) in [6.45, 7) is 9.15. The second kappa shape index (κ2) is 15.9. The molecule has 1 aliphatic carbocycles. The number of carbonyl (C=O) groups is 3. The molecule has 0 radical (unpaired) electrons. The summed E-state index contributed by atoms with van der Waals surface area (Å²) < 4.78 is 11.9. The van der Waals surface area contributed by atoms with E-state index in [2.05, 4.69) is 5.32 Å². The van der Waals surface area contributed by atoms with Gasteiger partial charge in [0.25, 0.3) is 5.91 Å². The molecule has 2 aliphatic heterocycles. The first-order valence-electron chi connectivity index (χ1n) is 18.0. The van der Waals surface area contributed by atoms with Crippen LogP contribution in [0.25, 0.3) is 5.57 Å². The molecule has 2 amide bonds. The number of carbonyl (C=O) groups excluding carboxylic acids is 2. The molecule has 2 fully saturated rings. The minimum atomic E-state index is -1.01. The fraction of sp³-hybridized carbons (Fsp3) is 0.439. The molecular weight excluding hydrogens is 701 g/mol. The standard InChI is InChI=1S/C41H47Cl2N3O6/c1-25-19-34(43)36(20-26(25)2)52-18-17-51-31-13-9-27(10-14-31)32-21-29-23-45(37(47)15-16-41(3,4)40(49)50)24-35(44-29)38(32)39(48)46(30-11-12-30)22-28-7-5-6-8-33(28)42/h5-10,13-14,19-20,29-30,35,44H,11-12,15-18,21-24H2,1-4H3,(H,49,50)/t29-,35-/m1/s1. The molecule has 3 aliphatic rings. The van der Waals surface area contributed by atoms with Crippen molar-refractivity contribution in [3.8, 4) is 11.5 Å². The molecule has 0 spiro atoms. The SMILES string of the molecule is Cc1cc(Cl)c(OCCOc2ccc(C3=C(C(=O)N(Cc4ccccc4Cl)C4CC4)[C@H]4CN(C(=O)CCC(C)(C)C(=O)O)C[C@@H](C3)N4)cc2)cc1C. The Morgan fingerprint density at radius 2 is 1.63 bits per heavy atom. The minimum Gasteiger partial charge on any atom is -0.490 e. The molecule has 2 N–H and O–H groups in total. The lowest BCUT2D eigenvalue weighted by molar-refractivity contribution is -0.148. The van der Waals surface area contributed by atoms with Crippen molar-refractivity contribution in [1.29, 1.82) is 0 Å². The Hall–Kier alpha value is -4.05. The number of halogens is 2. The van der Waals surface area contributed by atoms with Crippen molar-refractivity contribution in [2.24, 2.45) is 5.41 Å². The zero-order valence-electron chi connectivity index (χ0n) is 30.2. The highest BCUT2D eigenvalue weighted by Crippen LogP contribution is 2.38. The van der Waals surface area contributed by atoms with Gasteiger partial charge in [-0.05, 0) is 112 Å². The third kappa shape index (κ3) is 8.76. The summed E-state index contributed by atoms with van der Waals surface area (Å²) in [4.78, 5) is 43.7. The summed E-state index contributed by atoms with van der Waals surface area (Å²) in [5, 5.41) is 14.4. The van der Waals surface area contributed by atoms with E-state index in [0.717, 1.165) is 40.7 Å². The average molecular weight is 749 g/mol. The van der Waals surface area contributed by atoms with Gasteiger partial charge >= 0.3 is 5.97 Å². The highest BCUT2D eigenvalue weighted by Gasteiger charge is 2.43. The number of fused-ring (bicyclic) bond motifs is 2. The van der Waals surface area contributed by atoms with Crippen LogP contribution < -0.4 is 14.8 Å². The van der Waals surface area contributed by atoms with Crippen molar-refractivity contribution in [2.45, 2.75) is 84.5 Å². The van der Waals surface area contributed by atoms with E-state index in [4.69, 9.17) is 32.7 Å². The fourth-order valence-electron chi connectivity index (χ4n) is 6.90. The number of nitrogens with one attached hydrogen (secondary N) is 1. The lowest BCUT2D eigenvalue weighted by atomic mass is 9.82. The van der Waals surface area contributed by atoms with Crippen LogP contribution in [0.2, 0.25) is 10.0 Å². The van der Waals surface area contributed by atoms with Gasteiger partial charge in [0.15, 0.2) is 0 Å². The van der Waals surface area contributed by atoms with Crippen LogP contribution in [0.15, 0.2) is 66.2 Å². The van der Waals surface area contributed by atoms with Crippen LogP contribution in [-0.4, -0.2) is 77.1 Å². The van der Waals surface area contributed by atoms with E-state index in [-0.39, 0.29) is 42.8 Å². The molecule has 11 heteroatoms. The molecular formula is C41H47Cl2N3O6. The fourth-order valence-corrected chi connectivity index (χ4v) is 7.37. The zero-order valence-corrected chi connectivity index (χ0v) is 31.7. The van der Waals surface area contributed by atoms with Crippen LogP contribution in [0.3, 0.4) is 0 Å². The molecule has 52 heavy (non-hydrogen) atoms. The summed E-state index contributed by atoms with van der Waals surface area (Å²) in [6, 6.07) is 18.9. The van der Waals surface area contributed by atoms with Gasteiger partial charge in [0.1, 0.15) is 24.7 Å². The zero-order chi connectivity index (χ0) is 37.2. The van der Waals surface area contributed by atoms with Crippen LogP contribution >= 0.6 is 23.2 Å². The van der Waals surface area contributed by atoms with Crippen molar-refractivity contribution >= 4 is 46.6 Å². The maximum atomic E-state index is 14.8. The van der Waals surface area contributed by atoms with Crippen LogP contribution in [-0.2, 0) is 20.9 Å². The van der Waals surface area contributed by atoms with Gasteiger partial charge in [0, 0.05) is 48.7 Å². The van der Waals surface area contributed by atoms with E-state index < -0.39 is 11.4 Å². The Labute approximate surface area is 315 Å². The van der Waals surface area contributed by atoms with E-state index in [1.54, 1.807) is 18.7 Å². The number of amides is 2. The van der Waals surface area contributed by atoms with Crippen molar-refractivity contribution in [2.75, 3.05) is 26.3 Å².